The molecule has 0 unspecified atom stereocenters. The minimum atomic E-state index is 0.705. The number of rotatable bonds is 1. The zero-order valence-electron chi connectivity index (χ0n) is 7.10. The summed E-state index contributed by atoms with van der Waals surface area (Å²) in [5.41, 5.74) is 2.04. The zero-order valence-corrected chi connectivity index (χ0v) is 9.45. The number of aryl methyl sites for hydroxylation is 1. The van der Waals surface area contributed by atoms with Gasteiger partial charge in [0.25, 0.3) is 0 Å². The average Bonchev–Trinajstić information content (AvgIpc) is 2.39. The molecule has 2 rings (SSSR count). The van der Waals surface area contributed by atoms with Gasteiger partial charge in [-0.1, -0.05) is 18.5 Å². The molecule has 0 radical (unpaired) electrons. The number of furan rings is 1. The van der Waals surface area contributed by atoms with E-state index in [1.807, 2.05) is 18.2 Å². The van der Waals surface area contributed by atoms with Crippen molar-refractivity contribution in [3.63, 3.8) is 0 Å². The number of hydrogen-bond acceptors (Lipinski definition) is 1. The molecule has 68 valence electrons. The first-order valence-corrected chi connectivity index (χ1v) is 5.26. The molecular weight excluding hydrogens is 251 g/mol. The molecule has 2 aromatic rings. The van der Waals surface area contributed by atoms with Crippen molar-refractivity contribution in [1.29, 1.82) is 0 Å². The lowest BCUT2D eigenvalue weighted by Gasteiger charge is -1.92. The predicted molar refractivity (Wildman–Crippen MR) is 58.3 cm³/mol. The van der Waals surface area contributed by atoms with Gasteiger partial charge in [-0.2, -0.15) is 0 Å². The first-order chi connectivity index (χ1) is 6.22. The number of hydrogen-bond donors (Lipinski definition) is 0. The molecule has 0 spiro atoms. The van der Waals surface area contributed by atoms with Crippen LogP contribution in [0, 0.1) is 0 Å². The Kier molecular flexibility index (Phi) is 2.35. The highest BCUT2D eigenvalue weighted by atomic mass is 79.9. The maximum Gasteiger partial charge on any atom is 0.173 e. The van der Waals surface area contributed by atoms with Gasteiger partial charge in [-0.15, -0.1) is 0 Å². The molecule has 0 bridgehead atoms. The third kappa shape index (κ3) is 1.49. The molecule has 1 nitrogen and oxygen atoms in total. The van der Waals surface area contributed by atoms with Crippen molar-refractivity contribution in [2.75, 3.05) is 0 Å². The van der Waals surface area contributed by atoms with Crippen LogP contribution < -0.4 is 0 Å². The fourth-order valence-electron chi connectivity index (χ4n) is 1.42. The third-order valence-electron chi connectivity index (χ3n) is 2.06. The molecule has 0 saturated heterocycles. The number of fused-ring (bicyclic) bond motifs is 1. The largest absolute Gasteiger partial charge is 0.449 e. The van der Waals surface area contributed by atoms with E-state index < -0.39 is 0 Å². The van der Waals surface area contributed by atoms with Crippen LogP contribution in [0.1, 0.15) is 12.5 Å². The highest BCUT2D eigenvalue weighted by Crippen LogP contribution is 2.31. The van der Waals surface area contributed by atoms with Crippen LogP contribution in [-0.2, 0) is 6.42 Å². The van der Waals surface area contributed by atoms with E-state index in [1.54, 1.807) is 0 Å². The lowest BCUT2D eigenvalue weighted by molar-refractivity contribution is 0.582. The molecule has 0 aliphatic carbocycles. The Labute approximate surface area is 89.8 Å². The van der Waals surface area contributed by atoms with Crippen molar-refractivity contribution in [1.82, 2.24) is 0 Å². The molecule has 0 N–H and O–H groups in total. The molecule has 0 fully saturated rings. The van der Waals surface area contributed by atoms with Crippen LogP contribution in [0.15, 0.2) is 27.3 Å². The van der Waals surface area contributed by atoms with E-state index in [2.05, 4.69) is 22.9 Å². The smallest absolute Gasteiger partial charge is 0.173 e. The van der Waals surface area contributed by atoms with Gasteiger partial charge in [-0.3, -0.25) is 0 Å². The van der Waals surface area contributed by atoms with E-state index in [-0.39, 0.29) is 0 Å². The first kappa shape index (κ1) is 9.10. The van der Waals surface area contributed by atoms with E-state index in [1.165, 1.54) is 5.56 Å². The van der Waals surface area contributed by atoms with Gasteiger partial charge in [0.05, 0.1) is 0 Å². The van der Waals surface area contributed by atoms with Crippen LogP contribution in [0.25, 0.3) is 11.0 Å². The van der Waals surface area contributed by atoms with Crippen molar-refractivity contribution in [3.8, 4) is 0 Å². The molecule has 1 aromatic heterocycles. The van der Waals surface area contributed by atoms with Gasteiger partial charge < -0.3 is 4.42 Å². The fraction of sp³-hybridized carbons (Fsp3) is 0.200. The van der Waals surface area contributed by atoms with Crippen LogP contribution in [0.2, 0.25) is 5.02 Å². The van der Waals surface area contributed by atoms with E-state index >= 15 is 0 Å². The minimum absolute atomic E-state index is 0.705. The van der Waals surface area contributed by atoms with Gasteiger partial charge in [0.15, 0.2) is 4.67 Å². The fourth-order valence-corrected chi connectivity index (χ4v) is 2.25. The molecule has 0 saturated carbocycles. The van der Waals surface area contributed by atoms with E-state index in [0.717, 1.165) is 22.1 Å². The maximum atomic E-state index is 5.85. The Morgan fingerprint density at radius 3 is 2.92 bits per heavy atom. The second-order valence-corrected chi connectivity index (χ2v) is 4.01. The average molecular weight is 260 g/mol. The lowest BCUT2D eigenvalue weighted by atomic mass is 10.1. The standard InChI is InChI=1S/C10H8BrClO/c1-2-7-8-4-3-6(12)5-9(8)13-10(7)11/h3-5H,2H2,1H3. The zero-order chi connectivity index (χ0) is 9.42. The monoisotopic (exact) mass is 258 g/mol. The van der Waals surface area contributed by atoms with Crippen LogP contribution in [-0.4, -0.2) is 0 Å². The SMILES string of the molecule is CCc1c(Br)oc2cc(Cl)ccc12. The summed E-state index contributed by atoms with van der Waals surface area (Å²) >= 11 is 9.23. The van der Waals surface area contributed by atoms with Crippen molar-refractivity contribution in [3.05, 3.63) is 33.5 Å². The Hall–Kier alpha value is -0.470. The Bertz CT molecular complexity index is 447. The van der Waals surface area contributed by atoms with Gasteiger partial charge in [0.1, 0.15) is 5.58 Å². The molecule has 1 heterocycles. The Morgan fingerprint density at radius 1 is 1.46 bits per heavy atom. The van der Waals surface area contributed by atoms with Crippen molar-refractivity contribution in [2.24, 2.45) is 0 Å². The Morgan fingerprint density at radius 2 is 2.23 bits per heavy atom. The minimum Gasteiger partial charge on any atom is -0.449 e. The summed E-state index contributed by atoms with van der Waals surface area (Å²) in [6.07, 6.45) is 0.954. The van der Waals surface area contributed by atoms with E-state index in [9.17, 15) is 0 Å². The van der Waals surface area contributed by atoms with Gasteiger partial charge in [0, 0.05) is 22.0 Å². The third-order valence-corrected chi connectivity index (χ3v) is 2.93. The summed E-state index contributed by atoms with van der Waals surface area (Å²) in [5, 5.41) is 1.84. The van der Waals surface area contributed by atoms with Gasteiger partial charge in [-0.05, 0) is 34.5 Å². The molecule has 0 aliphatic rings. The van der Waals surface area contributed by atoms with Crippen LogP contribution in [0.3, 0.4) is 0 Å². The summed E-state index contributed by atoms with van der Waals surface area (Å²) in [6.45, 7) is 2.10. The topological polar surface area (TPSA) is 13.1 Å². The molecule has 3 heteroatoms. The van der Waals surface area contributed by atoms with Gasteiger partial charge in [0.2, 0.25) is 0 Å². The lowest BCUT2D eigenvalue weighted by Crippen LogP contribution is -1.76. The Balaban J connectivity index is 2.79. The molecule has 0 amide bonds. The van der Waals surface area contributed by atoms with Crippen molar-refractivity contribution >= 4 is 38.5 Å². The molecule has 13 heavy (non-hydrogen) atoms. The summed E-state index contributed by atoms with van der Waals surface area (Å²) in [7, 11) is 0. The summed E-state index contributed by atoms with van der Waals surface area (Å²) in [6, 6.07) is 5.70. The summed E-state index contributed by atoms with van der Waals surface area (Å²) in [4.78, 5) is 0. The van der Waals surface area contributed by atoms with E-state index in [0.29, 0.717) is 5.02 Å². The molecular formula is C10H8BrClO. The second kappa shape index (κ2) is 3.35. The van der Waals surface area contributed by atoms with Crippen molar-refractivity contribution < 1.29 is 4.42 Å². The molecule has 0 aliphatic heterocycles. The highest BCUT2D eigenvalue weighted by Gasteiger charge is 2.09. The first-order valence-electron chi connectivity index (χ1n) is 4.08. The predicted octanol–water partition coefficient (Wildman–Crippen LogP) is 4.41. The van der Waals surface area contributed by atoms with E-state index in [4.69, 9.17) is 16.0 Å². The van der Waals surface area contributed by atoms with Crippen LogP contribution in [0.5, 0.6) is 0 Å². The van der Waals surface area contributed by atoms with Crippen molar-refractivity contribution in [2.45, 2.75) is 13.3 Å². The summed E-state index contributed by atoms with van der Waals surface area (Å²) in [5.74, 6) is 0. The number of benzene rings is 1. The second-order valence-electron chi connectivity index (χ2n) is 2.85. The van der Waals surface area contributed by atoms with Gasteiger partial charge >= 0.3 is 0 Å². The summed E-state index contributed by atoms with van der Waals surface area (Å²) < 4.78 is 6.32. The molecule has 0 atom stereocenters. The maximum absolute atomic E-state index is 5.85. The van der Waals surface area contributed by atoms with Crippen LogP contribution >= 0.6 is 27.5 Å². The quantitative estimate of drug-likeness (QED) is 0.739. The molecule has 1 aromatic carbocycles. The number of halogens is 2. The van der Waals surface area contributed by atoms with Crippen LogP contribution in [0.4, 0.5) is 0 Å². The van der Waals surface area contributed by atoms with Gasteiger partial charge in [-0.25, -0.2) is 0 Å². The normalized spacial score (nSPS) is 11.0. The highest BCUT2D eigenvalue weighted by molar-refractivity contribution is 9.10.